The van der Waals surface area contributed by atoms with E-state index in [0.29, 0.717) is 11.9 Å². The zero-order valence-corrected chi connectivity index (χ0v) is 34.0. The van der Waals surface area contributed by atoms with Crippen LogP contribution in [0.4, 0.5) is 32.6 Å². The van der Waals surface area contributed by atoms with Gasteiger partial charge in [0.25, 0.3) is 12.4 Å². The van der Waals surface area contributed by atoms with Crippen molar-refractivity contribution in [3.05, 3.63) is 47.7 Å². The van der Waals surface area contributed by atoms with Gasteiger partial charge in [0.15, 0.2) is 5.82 Å². The van der Waals surface area contributed by atoms with Crippen molar-refractivity contribution < 1.29 is 45.8 Å². The second-order valence-electron chi connectivity index (χ2n) is 17.0. The number of carbonyl (C=O) groups excluding carboxylic acids is 2. The lowest BCUT2D eigenvalue weighted by Gasteiger charge is -2.42. The number of aromatic nitrogens is 3. The molecule has 6 heterocycles. The third-order valence-corrected chi connectivity index (χ3v) is 12.7. The average Bonchev–Trinajstić information content (AvgIpc) is 3.82. The van der Waals surface area contributed by atoms with Crippen LogP contribution < -0.4 is 19.7 Å². The molecule has 324 valence electrons. The maximum absolute atomic E-state index is 17.6. The standard InChI is InChI=1S/C43H47F5N8O5/c1-41(50-2)17-28(44)21-54(22-41)38-32-19-51-36(35(46)37(32)52-39(53-38)60-24-42-9-4-11-56(42)12-5-10-42)31-15-29(61-40(58)55-20-26(18-49)16-43(47,48)23-55)14-27-7-8-33(45)30(34(27)31)6-3-13-59-25-57/h7-8,14-15,19,25-26,28,50H,3-6,9-13,16-17,20-24H2,1-2H3. The maximum atomic E-state index is 17.6. The highest BCUT2D eigenvalue weighted by Gasteiger charge is 2.46. The molecule has 3 unspecified atom stereocenters. The second kappa shape index (κ2) is 16.8. The van der Waals surface area contributed by atoms with Crippen LogP contribution in [0.5, 0.6) is 11.8 Å². The quantitative estimate of drug-likeness (QED) is 0.0916. The summed E-state index contributed by atoms with van der Waals surface area (Å²) in [5, 5.41) is 13.3. The fraction of sp³-hybridized carbons (Fsp3) is 0.535. The number of fused-ring (bicyclic) bond motifs is 3. The lowest BCUT2D eigenvalue weighted by molar-refractivity contribution is -0.128. The van der Waals surface area contributed by atoms with Crippen molar-refractivity contribution in [2.75, 3.05) is 64.4 Å². The molecule has 1 N–H and O–H groups in total. The molecule has 3 atom stereocenters. The molecule has 4 aliphatic heterocycles. The Balaban J connectivity index is 1.26. The van der Waals surface area contributed by atoms with Gasteiger partial charge >= 0.3 is 12.1 Å². The first-order valence-corrected chi connectivity index (χ1v) is 20.6. The van der Waals surface area contributed by atoms with Gasteiger partial charge in [-0.2, -0.15) is 15.2 Å². The molecule has 61 heavy (non-hydrogen) atoms. The highest BCUT2D eigenvalue weighted by molar-refractivity contribution is 6.02. The minimum Gasteiger partial charge on any atom is -0.468 e. The van der Waals surface area contributed by atoms with Crippen molar-refractivity contribution in [1.29, 1.82) is 5.26 Å². The molecule has 0 radical (unpaired) electrons. The number of hydrogen-bond acceptors (Lipinski definition) is 12. The fourth-order valence-electron chi connectivity index (χ4n) is 9.71. The molecule has 18 heteroatoms. The summed E-state index contributed by atoms with van der Waals surface area (Å²) in [6.45, 7) is 3.34. The number of nitriles is 1. The summed E-state index contributed by atoms with van der Waals surface area (Å²) >= 11 is 0. The van der Waals surface area contributed by atoms with E-state index in [9.17, 15) is 23.6 Å². The molecule has 4 fully saturated rings. The van der Waals surface area contributed by atoms with Crippen molar-refractivity contribution in [3.8, 4) is 29.1 Å². The van der Waals surface area contributed by atoms with E-state index in [-0.39, 0.29) is 108 Å². The third kappa shape index (κ3) is 8.46. The van der Waals surface area contributed by atoms with Crippen molar-refractivity contribution >= 4 is 40.1 Å². The SMILES string of the molecule is CNC1(C)CC(F)CN(c2nc(OCC34CCCN3CCC4)nc3c(F)c(-c4cc(OC(=O)N5CC(C#N)CC(F)(F)C5)cc5ccc(F)c(CCCOC=O)c45)ncc23)C1. The van der Waals surface area contributed by atoms with Gasteiger partial charge in [-0.3, -0.25) is 14.7 Å². The predicted octanol–water partition coefficient (Wildman–Crippen LogP) is 6.74. The number of rotatable bonds is 12. The van der Waals surface area contributed by atoms with Gasteiger partial charge in [-0.1, -0.05) is 6.07 Å². The van der Waals surface area contributed by atoms with Crippen molar-refractivity contribution in [1.82, 2.24) is 30.1 Å². The van der Waals surface area contributed by atoms with Crippen LogP contribution in [0.2, 0.25) is 0 Å². The first kappa shape index (κ1) is 42.3. The monoisotopic (exact) mass is 850 g/mol. The molecule has 4 saturated heterocycles. The Morgan fingerprint density at radius 3 is 2.62 bits per heavy atom. The summed E-state index contributed by atoms with van der Waals surface area (Å²) in [5.74, 6) is -6.01. The molecule has 2 aromatic heterocycles. The van der Waals surface area contributed by atoms with Gasteiger partial charge < -0.3 is 29.3 Å². The predicted molar refractivity (Wildman–Crippen MR) is 214 cm³/mol. The van der Waals surface area contributed by atoms with E-state index in [0.717, 1.165) is 43.7 Å². The number of nitrogens with zero attached hydrogens (tertiary/aromatic N) is 7. The Kier molecular flexibility index (Phi) is 11.6. The van der Waals surface area contributed by atoms with Crippen LogP contribution in [-0.2, 0) is 16.0 Å². The number of likely N-dealkylation sites (N-methyl/N-ethyl adjacent to an activating group) is 1. The molecule has 0 bridgehead atoms. The Morgan fingerprint density at radius 2 is 1.89 bits per heavy atom. The van der Waals surface area contributed by atoms with Gasteiger partial charge in [0.2, 0.25) is 0 Å². The van der Waals surface area contributed by atoms with E-state index in [4.69, 9.17) is 19.2 Å². The van der Waals surface area contributed by atoms with Crippen LogP contribution in [-0.4, -0.2) is 120 Å². The highest BCUT2D eigenvalue weighted by Crippen LogP contribution is 2.42. The molecule has 13 nitrogen and oxygen atoms in total. The first-order valence-electron chi connectivity index (χ1n) is 20.6. The van der Waals surface area contributed by atoms with Gasteiger partial charge in [-0.25, -0.2) is 26.7 Å². The number of likely N-dealkylation sites (tertiary alicyclic amines) is 1. The number of carbonyl (C=O) groups is 2. The molecular weight excluding hydrogens is 804 g/mol. The average molecular weight is 851 g/mol. The molecule has 2 aromatic carbocycles. The number of pyridine rings is 1. The Labute approximate surface area is 349 Å². The number of benzene rings is 2. The summed E-state index contributed by atoms with van der Waals surface area (Å²) < 4.78 is 94.8. The number of ether oxygens (including phenoxy) is 3. The number of anilines is 1. The van der Waals surface area contributed by atoms with Crippen molar-refractivity contribution in [3.63, 3.8) is 0 Å². The van der Waals surface area contributed by atoms with Crippen LogP contribution in [0.3, 0.4) is 0 Å². The van der Waals surface area contributed by atoms with Gasteiger partial charge in [0, 0.05) is 36.8 Å². The van der Waals surface area contributed by atoms with Crippen LogP contribution in [0, 0.1) is 28.9 Å². The zero-order chi connectivity index (χ0) is 43.1. The van der Waals surface area contributed by atoms with E-state index in [1.165, 1.54) is 30.5 Å². The number of aryl methyl sites for hydroxylation is 1. The van der Waals surface area contributed by atoms with Crippen LogP contribution in [0.1, 0.15) is 57.4 Å². The van der Waals surface area contributed by atoms with Crippen molar-refractivity contribution in [2.24, 2.45) is 5.92 Å². The number of hydrogen-bond donors (Lipinski definition) is 1. The van der Waals surface area contributed by atoms with E-state index < -0.39 is 54.2 Å². The first-order chi connectivity index (χ1) is 29.2. The number of nitrogens with one attached hydrogen (secondary N) is 1. The highest BCUT2D eigenvalue weighted by atomic mass is 19.3. The normalized spacial score (nSPS) is 23.5. The fourth-order valence-corrected chi connectivity index (χ4v) is 9.71. The third-order valence-electron chi connectivity index (χ3n) is 12.7. The van der Waals surface area contributed by atoms with Crippen LogP contribution in [0.25, 0.3) is 32.9 Å². The van der Waals surface area contributed by atoms with Gasteiger partial charge in [0.05, 0.1) is 42.6 Å². The van der Waals surface area contributed by atoms with E-state index >= 15 is 13.2 Å². The van der Waals surface area contributed by atoms with Gasteiger partial charge in [-0.15, -0.1) is 0 Å². The minimum absolute atomic E-state index is 0.0111. The number of alkyl halides is 3. The number of amides is 1. The number of halogens is 5. The Hall–Kier alpha value is -5.41. The summed E-state index contributed by atoms with van der Waals surface area (Å²) in [6.07, 6.45) is 2.64. The lowest BCUT2D eigenvalue weighted by Crippen LogP contribution is -2.57. The minimum atomic E-state index is -3.33. The van der Waals surface area contributed by atoms with Crippen LogP contribution in [0.15, 0.2) is 30.5 Å². The van der Waals surface area contributed by atoms with Crippen LogP contribution >= 0.6 is 0 Å². The van der Waals surface area contributed by atoms with E-state index in [1.54, 1.807) is 18.0 Å². The largest absolute Gasteiger partial charge is 0.468 e. The molecule has 4 aromatic rings. The maximum Gasteiger partial charge on any atom is 0.415 e. The van der Waals surface area contributed by atoms with Gasteiger partial charge in [0.1, 0.15) is 41.4 Å². The van der Waals surface area contributed by atoms with E-state index in [1.807, 2.05) is 6.92 Å². The summed E-state index contributed by atoms with van der Waals surface area (Å²) in [7, 11) is 1.75. The molecule has 8 rings (SSSR count). The van der Waals surface area contributed by atoms with E-state index in [2.05, 4.69) is 20.2 Å². The molecule has 0 spiro atoms. The summed E-state index contributed by atoms with van der Waals surface area (Å²) in [4.78, 5) is 43.1. The molecule has 0 saturated carbocycles. The summed E-state index contributed by atoms with van der Waals surface area (Å²) in [5.41, 5.74) is -1.24. The smallest absolute Gasteiger partial charge is 0.415 e. The lowest BCUT2D eigenvalue weighted by atomic mass is 9.90. The molecular formula is C43H47F5N8O5. The van der Waals surface area contributed by atoms with Crippen molar-refractivity contribution in [2.45, 2.75) is 81.5 Å². The number of piperidine rings is 2. The molecule has 0 aliphatic carbocycles. The molecule has 4 aliphatic rings. The topological polar surface area (TPSA) is 146 Å². The molecule has 1 amide bonds. The zero-order valence-electron chi connectivity index (χ0n) is 34.0. The van der Waals surface area contributed by atoms with Gasteiger partial charge in [-0.05, 0) is 107 Å². The Morgan fingerprint density at radius 1 is 1.10 bits per heavy atom. The Bertz CT molecular complexity index is 2370. The second-order valence-corrected chi connectivity index (χ2v) is 17.0. The summed E-state index contributed by atoms with van der Waals surface area (Å²) in [6, 6.07) is 6.95.